The summed E-state index contributed by atoms with van der Waals surface area (Å²) in [6.45, 7) is 4.16. The average Bonchev–Trinajstić information content (AvgIpc) is 2.18. The summed E-state index contributed by atoms with van der Waals surface area (Å²) >= 11 is 0. The largest absolute Gasteiger partial charge is 0.354 e. The van der Waals surface area contributed by atoms with Gasteiger partial charge in [0.1, 0.15) is 0 Å². The topological polar surface area (TPSA) is 55.1 Å². The highest BCUT2D eigenvalue weighted by atomic mass is 16.2. The molecule has 0 saturated carbocycles. The number of hydrogen-bond acceptors (Lipinski definition) is 2. The summed E-state index contributed by atoms with van der Waals surface area (Å²) in [4.78, 5) is 11.5. The third-order valence-corrected chi connectivity index (χ3v) is 2.70. The molecule has 0 aromatic carbocycles. The van der Waals surface area contributed by atoms with E-state index in [1.165, 1.54) is 31.3 Å². The molecule has 0 aliphatic heterocycles. The zero-order valence-electron chi connectivity index (χ0n) is 9.81. The monoisotopic (exact) mass is 210 g/mol. The molecule has 0 fully saturated rings. The Morgan fingerprint density at radius 3 is 2.80 bits per heavy atom. The second-order valence-corrected chi connectivity index (χ2v) is 4.84. The van der Waals surface area contributed by atoms with Crippen molar-refractivity contribution >= 4 is 5.91 Å². The Kier molecular flexibility index (Phi) is 4.33. The fourth-order valence-corrected chi connectivity index (χ4v) is 1.70. The number of nitrogens with two attached hydrogens (primary N) is 1. The molecule has 3 N–H and O–H groups in total. The zero-order valence-corrected chi connectivity index (χ0v) is 9.81. The Hall–Kier alpha value is -0.830. The van der Waals surface area contributed by atoms with E-state index in [9.17, 15) is 4.79 Å². The molecule has 0 bridgehead atoms. The predicted octanol–water partition coefficient (Wildman–Crippen LogP) is 1.73. The Labute approximate surface area is 92.1 Å². The fraction of sp³-hybridized carbons (Fsp3) is 0.750. The molecule has 0 spiro atoms. The van der Waals surface area contributed by atoms with Gasteiger partial charge in [0.15, 0.2) is 0 Å². The maximum Gasteiger partial charge on any atom is 0.239 e. The SMILES string of the molecule is CC(C)(N)C(=O)NCCC1=CCCCC1. The van der Waals surface area contributed by atoms with Gasteiger partial charge in [-0.05, 0) is 46.0 Å². The normalized spacial score (nSPS) is 17.1. The summed E-state index contributed by atoms with van der Waals surface area (Å²) in [6, 6.07) is 0. The van der Waals surface area contributed by atoms with Crippen molar-refractivity contribution in [2.45, 2.75) is 51.5 Å². The van der Waals surface area contributed by atoms with Gasteiger partial charge in [-0.15, -0.1) is 0 Å². The number of amides is 1. The Morgan fingerprint density at radius 2 is 2.27 bits per heavy atom. The van der Waals surface area contributed by atoms with Gasteiger partial charge in [-0.1, -0.05) is 11.6 Å². The molecule has 0 unspecified atom stereocenters. The van der Waals surface area contributed by atoms with Crippen molar-refractivity contribution in [3.63, 3.8) is 0 Å². The Morgan fingerprint density at radius 1 is 1.53 bits per heavy atom. The predicted molar refractivity (Wildman–Crippen MR) is 62.4 cm³/mol. The van der Waals surface area contributed by atoms with Crippen LogP contribution in [0.5, 0.6) is 0 Å². The van der Waals surface area contributed by atoms with Crippen LogP contribution in [0.1, 0.15) is 46.0 Å². The molecule has 3 heteroatoms. The van der Waals surface area contributed by atoms with E-state index >= 15 is 0 Å². The number of carbonyl (C=O) groups excluding carboxylic acids is 1. The van der Waals surface area contributed by atoms with Gasteiger partial charge in [-0.2, -0.15) is 0 Å². The lowest BCUT2D eigenvalue weighted by Gasteiger charge is -2.18. The van der Waals surface area contributed by atoms with Crippen molar-refractivity contribution in [3.8, 4) is 0 Å². The summed E-state index contributed by atoms with van der Waals surface area (Å²) in [7, 11) is 0. The summed E-state index contributed by atoms with van der Waals surface area (Å²) < 4.78 is 0. The Balaban J connectivity index is 2.21. The van der Waals surface area contributed by atoms with Crippen LogP contribution < -0.4 is 11.1 Å². The first-order valence-corrected chi connectivity index (χ1v) is 5.75. The van der Waals surface area contributed by atoms with E-state index in [-0.39, 0.29) is 5.91 Å². The molecular weight excluding hydrogens is 188 g/mol. The summed E-state index contributed by atoms with van der Waals surface area (Å²) in [5, 5.41) is 2.87. The molecule has 86 valence electrons. The summed E-state index contributed by atoms with van der Waals surface area (Å²) in [6.07, 6.45) is 8.28. The fourth-order valence-electron chi connectivity index (χ4n) is 1.70. The van der Waals surface area contributed by atoms with Crippen LogP contribution in [0.15, 0.2) is 11.6 Å². The molecule has 1 aliphatic rings. The maximum atomic E-state index is 11.5. The van der Waals surface area contributed by atoms with Gasteiger partial charge in [0, 0.05) is 6.54 Å². The van der Waals surface area contributed by atoms with E-state index in [4.69, 9.17) is 5.73 Å². The number of carbonyl (C=O) groups is 1. The van der Waals surface area contributed by atoms with E-state index in [2.05, 4.69) is 11.4 Å². The van der Waals surface area contributed by atoms with Gasteiger partial charge in [-0.3, -0.25) is 4.79 Å². The third kappa shape index (κ3) is 4.47. The lowest BCUT2D eigenvalue weighted by Crippen LogP contribution is -2.49. The highest BCUT2D eigenvalue weighted by molar-refractivity contribution is 5.84. The first-order chi connectivity index (χ1) is 7.00. The standard InChI is InChI=1S/C12H22N2O/c1-12(2,13)11(15)14-9-8-10-6-4-3-5-7-10/h6H,3-5,7-9,13H2,1-2H3,(H,14,15). The number of allylic oxidation sites excluding steroid dienone is 1. The minimum atomic E-state index is -0.763. The number of rotatable bonds is 4. The number of nitrogens with one attached hydrogen (secondary N) is 1. The van der Waals surface area contributed by atoms with Gasteiger partial charge in [0.25, 0.3) is 0 Å². The second-order valence-electron chi connectivity index (χ2n) is 4.84. The highest BCUT2D eigenvalue weighted by Crippen LogP contribution is 2.19. The van der Waals surface area contributed by atoms with Crippen LogP contribution in [0, 0.1) is 0 Å². The molecule has 3 nitrogen and oxygen atoms in total. The van der Waals surface area contributed by atoms with Gasteiger partial charge in [0.2, 0.25) is 5.91 Å². The van der Waals surface area contributed by atoms with Crippen molar-refractivity contribution in [1.82, 2.24) is 5.32 Å². The van der Waals surface area contributed by atoms with Gasteiger partial charge in [-0.25, -0.2) is 0 Å². The van der Waals surface area contributed by atoms with E-state index in [0.29, 0.717) is 6.54 Å². The van der Waals surface area contributed by atoms with Crippen LogP contribution in [0.2, 0.25) is 0 Å². The van der Waals surface area contributed by atoms with E-state index < -0.39 is 5.54 Å². The molecule has 0 atom stereocenters. The van der Waals surface area contributed by atoms with Crippen LogP contribution in [-0.4, -0.2) is 18.0 Å². The molecule has 0 saturated heterocycles. The quantitative estimate of drug-likeness (QED) is 0.694. The minimum absolute atomic E-state index is 0.0705. The molecule has 0 heterocycles. The number of hydrogen-bond donors (Lipinski definition) is 2. The van der Waals surface area contributed by atoms with Crippen molar-refractivity contribution in [2.75, 3.05) is 6.54 Å². The van der Waals surface area contributed by atoms with Crippen molar-refractivity contribution < 1.29 is 4.79 Å². The second kappa shape index (κ2) is 5.31. The van der Waals surface area contributed by atoms with E-state index in [0.717, 1.165) is 6.42 Å². The van der Waals surface area contributed by atoms with Gasteiger partial charge < -0.3 is 11.1 Å². The highest BCUT2D eigenvalue weighted by Gasteiger charge is 2.20. The molecule has 1 amide bonds. The molecule has 0 aromatic heterocycles. The van der Waals surface area contributed by atoms with Crippen LogP contribution in [0.3, 0.4) is 0 Å². The minimum Gasteiger partial charge on any atom is -0.354 e. The zero-order chi connectivity index (χ0) is 11.3. The van der Waals surface area contributed by atoms with Crippen molar-refractivity contribution in [1.29, 1.82) is 0 Å². The van der Waals surface area contributed by atoms with Crippen LogP contribution >= 0.6 is 0 Å². The maximum absolute atomic E-state index is 11.5. The first kappa shape index (κ1) is 12.2. The van der Waals surface area contributed by atoms with Crippen LogP contribution in [0.25, 0.3) is 0 Å². The molecule has 1 rings (SSSR count). The first-order valence-electron chi connectivity index (χ1n) is 5.75. The molecule has 0 radical (unpaired) electrons. The lowest BCUT2D eigenvalue weighted by atomic mass is 9.97. The summed E-state index contributed by atoms with van der Waals surface area (Å²) in [5.41, 5.74) is 6.39. The molecule has 0 aromatic rings. The molecular formula is C12H22N2O. The van der Waals surface area contributed by atoms with Crippen LogP contribution in [-0.2, 0) is 4.79 Å². The van der Waals surface area contributed by atoms with Crippen LogP contribution in [0.4, 0.5) is 0 Å². The van der Waals surface area contributed by atoms with Crippen molar-refractivity contribution in [3.05, 3.63) is 11.6 Å². The van der Waals surface area contributed by atoms with Gasteiger partial charge >= 0.3 is 0 Å². The average molecular weight is 210 g/mol. The molecule has 15 heavy (non-hydrogen) atoms. The van der Waals surface area contributed by atoms with E-state index in [1.54, 1.807) is 13.8 Å². The van der Waals surface area contributed by atoms with Gasteiger partial charge in [0.05, 0.1) is 5.54 Å². The third-order valence-electron chi connectivity index (χ3n) is 2.70. The molecule has 1 aliphatic carbocycles. The summed E-state index contributed by atoms with van der Waals surface area (Å²) in [5.74, 6) is -0.0705. The lowest BCUT2D eigenvalue weighted by molar-refractivity contribution is -0.125. The Bertz CT molecular complexity index is 251. The van der Waals surface area contributed by atoms with Crippen molar-refractivity contribution in [2.24, 2.45) is 5.73 Å². The van der Waals surface area contributed by atoms with E-state index in [1.807, 2.05) is 0 Å². The smallest absolute Gasteiger partial charge is 0.239 e.